The topological polar surface area (TPSA) is 41.1 Å². The van der Waals surface area contributed by atoms with E-state index in [1.807, 2.05) is 12.1 Å². The van der Waals surface area contributed by atoms with Crippen LogP contribution in [-0.2, 0) is 17.6 Å². The van der Waals surface area contributed by atoms with E-state index in [1.165, 1.54) is 22.3 Å². The largest absolute Gasteiger partial charge is 0.354 e. The Labute approximate surface area is 138 Å². The van der Waals surface area contributed by atoms with Crippen LogP contribution in [0.3, 0.4) is 0 Å². The molecule has 0 saturated carbocycles. The van der Waals surface area contributed by atoms with Crippen molar-refractivity contribution in [3.63, 3.8) is 0 Å². The van der Waals surface area contributed by atoms with Gasteiger partial charge in [0.1, 0.15) is 0 Å². The van der Waals surface area contributed by atoms with Crippen molar-refractivity contribution in [3.05, 3.63) is 70.8 Å². The minimum Gasteiger partial charge on any atom is -0.354 e. The molecule has 1 heterocycles. The van der Waals surface area contributed by atoms with Gasteiger partial charge in [0.15, 0.2) is 0 Å². The van der Waals surface area contributed by atoms with Crippen LogP contribution >= 0.6 is 0 Å². The zero-order valence-electron chi connectivity index (χ0n) is 13.6. The molecule has 0 radical (unpaired) electrons. The van der Waals surface area contributed by atoms with Gasteiger partial charge in [0.05, 0.1) is 0 Å². The Hall–Kier alpha value is -2.13. The normalized spacial score (nSPS) is 16.7. The average Bonchev–Trinajstić information content (AvgIpc) is 2.59. The molecule has 3 rings (SSSR count). The Morgan fingerprint density at radius 1 is 1.17 bits per heavy atom. The maximum absolute atomic E-state index is 12.1. The number of hydrogen-bond acceptors (Lipinski definition) is 2. The van der Waals surface area contributed by atoms with E-state index in [4.69, 9.17) is 0 Å². The average molecular weight is 308 g/mol. The molecule has 2 aromatic rings. The number of benzene rings is 2. The smallest absolute Gasteiger partial charge is 0.220 e. The van der Waals surface area contributed by atoms with Crippen molar-refractivity contribution in [1.82, 2.24) is 10.6 Å². The Morgan fingerprint density at radius 3 is 2.83 bits per heavy atom. The Morgan fingerprint density at radius 2 is 1.96 bits per heavy atom. The molecule has 1 unspecified atom stereocenters. The van der Waals surface area contributed by atoms with E-state index < -0.39 is 0 Å². The molecule has 1 aliphatic rings. The van der Waals surface area contributed by atoms with Crippen LogP contribution in [0, 0.1) is 6.92 Å². The van der Waals surface area contributed by atoms with Gasteiger partial charge >= 0.3 is 0 Å². The molecule has 1 atom stereocenters. The fraction of sp³-hybridized carbons (Fsp3) is 0.350. The van der Waals surface area contributed by atoms with Crippen molar-refractivity contribution < 1.29 is 4.79 Å². The summed E-state index contributed by atoms with van der Waals surface area (Å²) >= 11 is 0. The summed E-state index contributed by atoms with van der Waals surface area (Å²) in [5.74, 6) is 0.123. The molecule has 0 aliphatic carbocycles. The van der Waals surface area contributed by atoms with E-state index in [2.05, 4.69) is 54.0 Å². The monoisotopic (exact) mass is 308 g/mol. The van der Waals surface area contributed by atoms with Gasteiger partial charge in [0.2, 0.25) is 5.91 Å². The van der Waals surface area contributed by atoms with Crippen LogP contribution in [0.5, 0.6) is 0 Å². The molecule has 0 bridgehead atoms. The summed E-state index contributed by atoms with van der Waals surface area (Å²) < 4.78 is 0. The first kappa shape index (κ1) is 15.8. The second-order valence-electron chi connectivity index (χ2n) is 6.19. The number of aryl methyl sites for hydroxylation is 2. The molecule has 0 aromatic heterocycles. The second kappa shape index (κ2) is 7.42. The molecule has 1 amide bonds. The van der Waals surface area contributed by atoms with Gasteiger partial charge in [-0.25, -0.2) is 0 Å². The van der Waals surface area contributed by atoms with E-state index in [1.54, 1.807) is 0 Å². The minimum absolute atomic E-state index is 0.123. The summed E-state index contributed by atoms with van der Waals surface area (Å²) in [4.78, 5) is 12.1. The van der Waals surface area contributed by atoms with Crippen molar-refractivity contribution in [2.24, 2.45) is 0 Å². The molecule has 120 valence electrons. The number of nitrogens with one attached hydrogen (secondary N) is 2. The molecular formula is C20H24N2O. The summed E-state index contributed by atoms with van der Waals surface area (Å²) in [6.45, 7) is 3.72. The molecule has 1 aliphatic heterocycles. The van der Waals surface area contributed by atoms with Crippen LogP contribution in [-0.4, -0.2) is 19.0 Å². The lowest BCUT2D eigenvalue weighted by atomic mass is 9.94. The van der Waals surface area contributed by atoms with Crippen LogP contribution in [0.1, 0.15) is 34.7 Å². The van der Waals surface area contributed by atoms with Crippen LogP contribution in [0.4, 0.5) is 0 Å². The van der Waals surface area contributed by atoms with E-state index in [-0.39, 0.29) is 11.9 Å². The van der Waals surface area contributed by atoms with Crippen molar-refractivity contribution >= 4 is 5.91 Å². The van der Waals surface area contributed by atoms with Gasteiger partial charge in [-0.05, 0) is 48.6 Å². The standard InChI is InChI=1S/C20H24N2O/c1-15-6-2-3-7-16(15)10-11-20(23)22-14-19-18-9-5-4-8-17(18)12-13-21-19/h2-9,19,21H,10-14H2,1H3,(H,22,23). The fourth-order valence-corrected chi connectivity index (χ4v) is 3.22. The lowest BCUT2D eigenvalue weighted by molar-refractivity contribution is -0.121. The van der Waals surface area contributed by atoms with Gasteiger partial charge in [-0.2, -0.15) is 0 Å². The molecule has 2 aromatic carbocycles. The highest BCUT2D eigenvalue weighted by Crippen LogP contribution is 2.21. The second-order valence-corrected chi connectivity index (χ2v) is 6.19. The van der Waals surface area contributed by atoms with Crippen molar-refractivity contribution in [3.8, 4) is 0 Å². The molecule has 23 heavy (non-hydrogen) atoms. The minimum atomic E-state index is 0.123. The van der Waals surface area contributed by atoms with E-state index in [9.17, 15) is 4.79 Å². The number of carbonyl (C=O) groups excluding carboxylic acids is 1. The number of fused-ring (bicyclic) bond motifs is 1. The van der Waals surface area contributed by atoms with Crippen LogP contribution in [0.25, 0.3) is 0 Å². The van der Waals surface area contributed by atoms with E-state index in [0.29, 0.717) is 13.0 Å². The molecule has 0 fully saturated rings. The van der Waals surface area contributed by atoms with Gasteiger partial charge < -0.3 is 10.6 Å². The number of hydrogen-bond donors (Lipinski definition) is 2. The predicted octanol–water partition coefficient (Wildman–Crippen LogP) is 2.93. The fourth-order valence-electron chi connectivity index (χ4n) is 3.22. The lowest BCUT2D eigenvalue weighted by Gasteiger charge is -2.27. The molecule has 2 N–H and O–H groups in total. The van der Waals surface area contributed by atoms with E-state index in [0.717, 1.165) is 19.4 Å². The summed E-state index contributed by atoms with van der Waals surface area (Å²) in [6.07, 6.45) is 2.40. The van der Waals surface area contributed by atoms with Crippen LogP contribution in [0.15, 0.2) is 48.5 Å². The first-order chi connectivity index (χ1) is 11.2. The van der Waals surface area contributed by atoms with E-state index >= 15 is 0 Å². The van der Waals surface area contributed by atoms with Gasteiger partial charge in [0, 0.05) is 19.0 Å². The zero-order valence-corrected chi connectivity index (χ0v) is 13.6. The number of carbonyl (C=O) groups is 1. The lowest BCUT2D eigenvalue weighted by Crippen LogP contribution is -2.38. The quantitative estimate of drug-likeness (QED) is 0.891. The van der Waals surface area contributed by atoms with Gasteiger partial charge in [-0.1, -0.05) is 48.5 Å². The summed E-state index contributed by atoms with van der Waals surface area (Å²) in [6, 6.07) is 17.0. The van der Waals surface area contributed by atoms with Crippen molar-refractivity contribution in [2.45, 2.75) is 32.2 Å². The van der Waals surface area contributed by atoms with Crippen molar-refractivity contribution in [2.75, 3.05) is 13.1 Å². The molecular weight excluding hydrogens is 284 g/mol. The van der Waals surface area contributed by atoms with Crippen LogP contribution in [0.2, 0.25) is 0 Å². The van der Waals surface area contributed by atoms with Gasteiger partial charge in [-0.3, -0.25) is 4.79 Å². The van der Waals surface area contributed by atoms with Crippen LogP contribution < -0.4 is 10.6 Å². The Bertz CT molecular complexity index is 681. The summed E-state index contributed by atoms with van der Waals surface area (Å²) in [7, 11) is 0. The predicted molar refractivity (Wildman–Crippen MR) is 93.4 cm³/mol. The molecule has 0 saturated heterocycles. The van der Waals surface area contributed by atoms with Gasteiger partial charge in [-0.15, -0.1) is 0 Å². The Kier molecular flexibility index (Phi) is 5.09. The third-order valence-electron chi connectivity index (χ3n) is 4.60. The summed E-state index contributed by atoms with van der Waals surface area (Å²) in [5.41, 5.74) is 5.22. The van der Waals surface area contributed by atoms with Gasteiger partial charge in [0.25, 0.3) is 0 Å². The maximum Gasteiger partial charge on any atom is 0.220 e. The third kappa shape index (κ3) is 3.99. The van der Waals surface area contributed by atoms with Crippen molar-refractivity contribution in [1.29, 1.82) is 0 Å². The highest BCUT2D eigenvalue weighted by molar-refractivity contribution is 5.76. The summed E-state index contributed by atoms with van der Waals surface area (Å²) in [5, 5.41) is 6.58. The molecule has 0 spiro atoms. The highest BCUT2D eigenvalue weighted by atomic mass is 16.1. The maximum atomic E-state index is 12.1. The zero-order chi connectivity index (χ0) is 16.1. The first-order valence-corrected chi connectivity index (χ1v) is 8.36. The molecule has 3 heteroatoms. The number of rotatable bonds is 5. The molecule has 3 nitrogen and oxygen atoms in total. The SMILES string of the molecule is Cc1ccccc1CCC(=O)NCC1NCCc2ccccc21. The Balaban J connectivity index is 1.51. The highest BCUT2D eigenvalue weighted by Gasteiger charge is 2.19. The first-order valence-electron chi connectivity index (χ1n) is 8.36. The third-order valence-corrected chi connectivity index (χ3v) is 4.60. The number of amides is 1.